The molecule has 0 fully saturated rings. The highest BCUT2D eigenvalue weighted by molar-refractivity contribution is 3.57. The molecule has 0 N–H and O–H groups in total. The van der Waals surface area contributed by atoms with E-state index in [4.69, 9.17) is 0 Å². The van der Waals surface area contributed by atoms with Crippen molar-refractivity contribution in [2.75, 3.05) is 56.9 Å². The van der Waals surface area contributed by atoms with E-state index >= 15 is 0 Å². The van der Waals surface area contributed by atoms with E-state index in [-0.39, 0.29) is 0 Å². The second kappa shape index (κ2) is 193. The molecule has 0 spiro atoms. The van der Waals surface area contributed by atoms with Crippen LogP contribution in [0.3, 0.4) is 0 Å². The maximum Gasteiger partial charge on any atom is 0.0351 e. The monoisotopic (exact) mass is 244 g/mol. The predicted molar refractivity (Wildman–Crippen MR) is 74.4 cm³/mol. The second-order valence-electron chi connectivity index (χ2n) is 1.63. The van der Waals surface area contributed by atoms with E-state index in [0.717, 1.165) is 0 Å². The van der Waals surface area contributed by atoms with Gasteiger partial charge in [0.05, 0.1) is 0 Å². The molecule has 0 aliphatic carbocycles. The van der Waals surface area contributed by atoms with Crippen molar-refractivity contribution in [3.8, 4) is 0 Å². The molecule has 0 aliphatic rings. The molecule has 108 valence electrons. The van der Waals surface area contributed by atoms with Gasteiger partial charge in [-0.3, -0.25) is 0 Å². The van der Waals surface area contributed by atoms with Gasteiger partial charge < -0.3 is 18.9 Å². The minimum Gasteiger partial charge on any atom is -0.388 e. The van der Waals surface area contributed by atoms with E-state index in [1.54, 1.807) is 56.9 Å². The van der Waals surface area contributed by atoms with Gasteiger partial charge in [-0.25, -0.2) is 0 Å². The highest BCUT2D eigenvalue weighted by Crippen LogP contribution is 1.29. The Morgan fingerprint density at radius 3 is 0.312 bits per heavy atom. The summed E-state index contributed by atoms with van der Waals surface area (Å²) in [7, 11) is 13.0. The Labute approximate surface area is 104 Å². The van der Waals surface area contributed by atoms with Crippen molar-refractivity contribution in [3.05, 3.63) is 0 Å². The molecule has 0 aromatic rings. The second-order valence-corrected chi connectivity index (χ2v) is 1.63. The third-order valence-electron chi connectivity index (χ3n) is 0. The van der Waals surface area contributed by atoms with Gasteiger partial charge in [0.1, 0.15) is 0 Å². The topological polar surface area (TPSA) is 36.9 Å². The van der Waals surface area contributed by atoms with Gasteiger partial charge in [-0.15, -0.1) is 0 Å². The Kier molecular flexibility index (Phi) is 434. The fraction of sp³-hybridized carbons (Fsp3) is 1.00. The zero-order chi connectivity index (χ0) is 14.8. The summed E-state index contributed by atoms with van der Waals surface area (Å²) in [6.45, 7) is 8.00. The predicted octanol–water partition coefficient (Wildman–Crippen LogP) is 3.10. The van der Waals surface area contributed by atoms with Crippen molar-refractivity contribution in [2.45, 2.75) is 27.7 Å². The number of methoxy groups -OCH3 is 4. The van der Waals surface area contributed by atoms with Gasteiger partial charge in [-0.05, 0) is 0 Å². The molecule has 0 atom stereocenters. The number of rotatable bonds is 0. The smallest absolute Gasteiger partial charge is 0.0351 e. The van der Waals surface area contributed by atoms with Crippen LogP contribution in [-0.2, 0) is 18.9 Å². The zero-order valence-corrected chi connectivity index (χ0v) is 13.6. The lowest BCUT2D eigenvalue weighted by atomic mass is 11.0. The SMILES string of the molecule is CC.CC.COC.COC.COC.COC. The van der Waals surface area contributed by atoms with Crippen molar-refractivity contribution < 1.29 is 18.9 Å². The van der Waals surface area contributed by atoms with Crippen molar-refractivity contribution in [3.63, 3.8) is 0 Å². The first-order chi connectivity index (χ1) is 7.66. The van der Waals surface area contributed by atoms with Crippen LogP contribution >= 0.6 is 0 Å². The lowest BCUT2D eigenvalue weighted by Crippen LogP contribution is -1.55. The Morgan fingerprint density at radius 2 is 0.312 bits per heavy atom. The van der Waals surface area contributed by atoms with E-state index in [9.17, 15) is 0 Å². The Morgan fingerprint density at radius 1 is 0.312 bits per heavy atom. The van der Waals surface area contributed by atoms with Crippen LogP contribution in [0, 0.1) is 0 Å². The largest absolute Gasteiger partial charge is 0.388 e. The summed E-state index contributed by atoms with van der Waals surface area (Å²) in [6.07, 6.45) is 0. The van der Waals surface area contributed by atoms with Gasteiger partial charge >= 0.3 is 0 Å². The van der Waals surface area contributed by atoms with E-state index in [1.807, 2.05) is 27.7 Å². The highest BCUT2D eigenvalue weighted by Gasteiger charge is 1.26. The van der Waals surface area contributed by atoms with Crippen molar-refractivity contribution >= 4 is 0 Å². The Hall–Kier alpha value is -0.160. The maximum atomic E-state index is 4.25. The number of hydrogen-bond acceptors (Lipinski definition) is 4. The molecule has 0 bridgehead atoms. The fourth-order valence-corrected chi connectivity index (χ4v) is 0. The quantitative estimate of drug-likeness (QED) is 0.656. The first kappa shape index (κ1) is 36.0. The fourth-order valence-electron chi connectivity index (χ4n) is 0. The van der Waals surface area contributed by atoms with Gasteiger partial charge in [0.25, 0.3) is 0 Å². The van der Waals surface area contributed by atoms with Crippen LogP contribution in [0.1, 0.15) is 27.7 Å². The molecule has 4 heteroatoms. The third kappa shape index (κ3) is 89100. The van der Waals surface area contributed by atoms with E-state index in [1.165, 1.54) is 0 Å². The first-order valence-electron chi connectivity index (χ1n) is 5.27. The Bertz CT molecular complexity index is 21.0. The minimum absolute atomic E-state index is 1.62. The summed E-state index contributed by atoms with van der Waals surface area (Å²) in [6, 6.07) is 0. The molecule has 0 saturated heterocycles. The van der Waals surface area contributed by atoms with Crippen LogP contribution in [-0.4, -0.2) is 56.9 Å². The van der Waals surface area contributed by atoms with Crippen LogP contribution in [0.25, 0.3) is 0 Å². The molecular formula is C12H36O4. The molecule has 0 aromatic heterocycles. The molecule has 0 heterocycles. The molecular weight excluding hydrogens is 208 g/mol. The molecule has 0 radical (unpaired) electrons. The molecule has 0 aliphatic heterocycles. The van der Waals surface area contributed by atoms with Crippen LogP contribution in [0.2, 0.25) is 0 Å². The summed E-state index contributed by atoms with van der Waals surface area (Å²) in [4.78, 5) is 0. The highest BCUT2D eigenvalue weighted by atomic mass is 16.5. The van der Waals surface area contributed by atoms with Crippen molar-refractivity contribution in [1.29, 1.82) is 0 Å². The first-order valence-corrected chi connectivity index (χ1v) is 5.27. The minimum atomic E-state index is 1.62. The van der Waals surface area contributed by atoms with E-state index < -0.39 is 0 Å². The number of hydrogen-bond donors (Lipinski definition) is 0. The Balaban J connectivity index is -0.0000000190. The van der Waals surface area contributed by atoms with Gasteiger partial charge in [-0.2, -0.15) is 0 Å². The van der Waals surface area contributed by atoms with Crippen LogP contribution in [0.15, 0.2) is 0 Å². The normalized spacial score (nSPS) is 5.25. The van der Waals surface area contributed by atoms with E-state index in [2.05, 4.69) is 18.9 Å². The zero-order valence-electron chi connectivity index (χ0n) is 13.6. The number of ether oxygens (including phenoxy) is 4. The molecule has 4 nitrogen and oxygen atoms in total. The molecule has 0 amide bonds. The van der Waals surface area contributed by atoms with Crippen LogP contribution < -0.4 is 0 Å². The summed E-state index contributed by atoms with van der Waals surface area (Å²) < 4.78 is 17.0. The van der Waals surface area contributed by atoms with Gasteiger partial charge in [0, 0.05) is 56.9 Å². The molecule has 0 rings (SSSR count). The van der Waals surface area contributed by atoms with Crippen molar-refractivity contribution in [1.82, 2.24) is 0 Å². The molecule has 0 unspecified atom stereocenters. The summed E-state index contributed by atoms with van der Waals surface area (Å²) in [5.41, 5.74) is 0. The molecule has 0 aromatic carbocycles. The van der Waals surface area contributed by atoms with Crippen LogP contribution in [0.4, 0.5) is 0 Å². The molecule has 16 heavy (non-hydrogen) atoms. The maximum absolute atomic E-state index is 4.25. The average molecular weight is 244 g/mol. The summed E-state index contributed by atoms with van der Waals surface area (Å²) >= 11 is 0. The average Bonchev–Trinajstić information content (AvgIpc) is 2.27. The van der Waals surface area contributed by atoms with Gasteiger partial charge in [-0.1, -0.05) is 27.7 Å². The van der Waals surface area contributed by atoms with Gasteiger partial charge in [0.2, 0.25) is 0 Å². The summed E-state index contributed by atoms with van der Waals surface area (Å²) in [5, 5.41) is 0. The summed E-state index contributed by atoms with van der Waals surface area (Å²) in [5.74, 6) is 0. The van der Waals surface area contributed by atoms with Gasteiger partial charge in [0.15, 0.2) is 0 Å². The van der Waals surface area contributed by atoms with Crippen LogP contribution in [0.5, 0.6) is 0 Å². The molecule has 0 saturated carbocycles. The third-order valence-corrected chi connectivity index (χ3v) is 0. The lowest BCUT2D eigenvalue weighted by molar-refractivity contribution is 0.277. The lowest BCUT2D eigenvalue weighted by Gasteiger charge is -1.61. The standard InChI is InChI=1S/4C2H6O.2C2H6/c4*1-3-2;2*1-2/h4*1-2H3;2*1-2H3. The van der Waals surface area contributed by atoms with E-state index in [0.29, 0.717) is 0 Å². The van der Waals surface area contributed by atoms with Crippen molar-refractivity contribution in [2.24, 2.45) is 0 Å².